The van der Waals surface area contributed by atoms with Gasteiger partial charge in [-0.05, 0) is 18.6 Å². The first-order chi connectivity index (χ1) is 7.72. The van der Waals surface area contributed by atoms with Crippen LogP contribution in [0.1, 0.15) is 13.3 Å². The largest absolute Gasteiger partial charge is 0.478 e. The molecule has 82 valence electrons. The fraction of sp³-hybridized carbons (Fsp3) is 0.167. The molecular weight excluding hydrogens is 204 g/mol. The molecule has 0 saturated carbocycles. The third-order valence-corrected chi connectivity index (χ3v) is 2.44. The molecule has 0 aliphatic carbocycles. The Balaban J connectivity index is 2.43. The topological polar surface area (TPSA) is 61.7 Å². The molecule has 0 fully saturated rings. The summed E-state index contributed by atoms with van der Waals surface area (Å²) in [6.45, 7) is 1.81. The van der Waals surface area contributed by atoms with E-state index in [9.17, 15) is 4.79 Å². The highest BCUT2D eigenvalue weighted by Crippen LogP contribution is 2.29. The van der Waals surface area contributed by atoms with E-state index in [0.717, 1.165) is 11.4 Å². The van der Waals surface area contributed by atoms with Crippen LogP contribution >= 0.6 is 0 Å². The van der Waals surface area contributed by atoms with Crippen molar-refractivity contribution in [3.63, 3.8) is 0 Å². The molecule has 1 aromatic rings. The van der Waals surface area contributed by atoms with Crippen molar-refractivity contribution in [1.29, 1.82) is 0 Å². The van der Waals surface area contributed by atoms with Crippen LogP contribution in [0.25, 0.3) is 0 Å². The van der Waals surface area contributed by atoms with E-state index < -0.39 is 5.97 Å². The van der Waals surface area contributed by atoms with Crippen molar-refractivity contribution in [2.45, 2.75) is 13.3 Å². The Hall–Kier alpha value is -2.10. The Bertz CT molecular complexity index is 490. The molecule has 0 aromatic heterocycles. The number of carbonyl (C=O) groups is 1. The fourth-order valence-electron chi connectivity index (χ4n) is 1.61. The Morgan fingerprint density at radius 3 is 2.88 bits per heavy atom. The van der Waals surface area contributed by atoms with E-state index in [1.54, 1.807) is 6.21 Å². The molecule has 1 aliphatic heterocycles. The predicted octanol–water partition coefficient (Wildman–Crippen LogP) is 2.56. The molecule has 1 aliphatic rings. The van der Waals surface area contributed by atoms with Crippen LogP contribution < -0.4 is 5.32 Å². The zero-order valence-electron chi connectivity index (χ0n) is 8.90. The van der Waals surface area contributed by atoms with Crippen LogP contribution in [0.5, 0.6) is 0 Å². The van der Waals surface area contributed by atoms with Gasteiger partial charge in [0.15, 0.2) is 0 Å². The lowest BCUT2D eigenvalue weighted by Gasteiger charge is -2.16. The van der Waals surface area contributed by atoms with Crippen LogP contribution in [-0.2, 0) is 4.79 Å². The molecule has 4 nitrogen and oxygen atoms in total. The number of nitrogens with one attached hydrogen (secondary N) is 1. The zero-order valence-corrected chi connectivity index (χ0v) is 8.90. The van der Waals surface area contributed by atoms with Crippen molar-refractivity contribution >= 4 is 23.6 Å². The molecule has 4 heteroatoms. The van der Waals surface area contributed by atoms with Crippen LogP contribution in [0.4, 0.5) is 11.4 Å². The standard InChI is InChI=1S/C12H12N2O2/c1-2-8(12(15)16)11-7-13-9-5-3-4-6-10(9)14-11/h3-7,14H,2H2,1H3,(H,15,16). The van der Waals surface area contributed by atoms with E-state index in [1.807, 2.05) is 31.2 Å². The number of aliphatic imine (C=N–C) groups is 1. The van der Waals surface area contributed by atoms with Gasteiger partial charge in [-0.3, -0.25) is 4.99 Å². The van der Waals surface area contributed by atoms with E-state index >= 15 is 0 Å². The summed E-state index contributed by atoms with van der Waals surface area (Å²) in [4.78, 5) is 15.2. The van der Waals surface area contributed by atoms with Crippen LogP contribution in [0.3, 0.4) is 0 Å². The molecule has 0 spiro atoms. The molecule has 16 heavy (non-hydrogen) atoms. The van der Waals surface area contributed by atoms with Gasteiger partial charge in [-0.1, -0.05) is 19.1 Å². The van der Waals surface area contributed by atoms with E-state index in [1.165, 1.54) is 0 Å². The van der Waals surface area contributed by atoms with E-state index in [-0.39, 0.29) is 0 Å². The first-order valence-electron chi connectivity index (χ1n) is 5.09. The van der Waals surface area contributed by atoms with Gasteiger partial charge in [0.05, 0.1) is 28.9 Å². The Morgan fingerprint density at radius 2 is 2.19 bits per heavy atom. The van der Waals surface area contributed by atoms with Crippen molar-refractivity contribution in [3.8, 4) is 0 Å². The van der Waals surface area contributed by atoms with Crippen LogP contribution in [-0.4, -0.2) is 17.3 Å². The first kappa shape index (κ1) is 10.4. The number of nitrogens with zero attached hydrogens (tertiary/aromatic N) is 1. The molecule has 0 unspecified atom stereocenters. The average Bonchev–Trinajstić information content (AvgIpc) is 2.29. The number of anilines is 1. The number of rotatable bonds is 2. The van der Waals surface area contributed by atoms with Gasteiger partial charge in [-0.25, -0.2) is 4.79 Å². The normalized spacial score (nSPS) is 16.3. The van der Waals surface area contributed by atoms with Crippen LogP contribution in [0.15, 0.2) is 40.5 Å². The summed E-state index contributed by atoms with van der Waals surface area (Å²) < 4.78 is 0. The quantitative estimate of drug-likeness (QED) is 0.747. The van der Waals surface area contributed by atoms with E-state index in [4.69, 9.17) is 5.11 Å². The lowest BCUT2D eigenvalue weighted by atomic mass is 10.1. The van der Waals surface area contributed by atoms with Crippen LogP contribution in [0, 0.1) is 0 Å². The smallest absolute Gasteiger partial charge is 0.333 e. The molecular formula is C12H12N2O2. The summed E-state index contributed by atoms with van der Waals surface area (Å²) in [5.41, 5.74) is 2.58. The second kappa shape index (κ2) is 4.18. The van der Waals surface area contributed by atoms with Gasteiger partial charge in [0.2, 0.25) is 0 Å². The minimum absolute atomic E-state index is 0.346. The summed E-state index contributed by atoms with van der Waals surface area (Å²) in [6.07, 6.45) is 2.03. The van der Waals surface area contributed by atoms with Crippen LogP contribution in [0.2, 0.25) is 0 Å². The summed E-state index contributed by atoms with van der Waals surface area (Å²) in [5.74, 6) is -0.907. The summed E-state index contributed by atoms with van der Waals surface area (Å²) in [5, 5.41) is 12.1. The molecule has 0 radical (unpaired) electrons. The van der Waals surface area contributed by atoms with Gasteiger partial charge in [-0.2, -0.15) is 0 Å². The minimum Gasteiger partial charge on any atom is -0.478 e. The highest BCUT2D eigenvalue weighted by molar-refractivity contribution is 6.00. The second-order valence-electron chi connectivity index (χ2n) is 3.45. The maximum Gasteiger partial charge on any atom is 0.333 e. The number of hydrogen-bond acceptors (Lipinski definition) is 3. The Labute approximate surface area is 93.3 Å². The zero-order chi connectivity index (χ0) is 11.5. The second-order valence-corrected chi connectivity index (χ2v) is 3.45. The molecule has 0 saturated heterocycles. The number of carboxylic acids is 1. The number of benzene rings is 1. The third kappa shape index (κ3) is 1.82. The van der Waals surface area contributed by atoms with Gasteiger partial charge in [0, 0.05) is 0 Å². The summed E-state index contributed by atoms with van der Waals surface area (Å²) in [7, 11) is 0. The maximum atomic E-state index is 11.0. The number of aliphatic carboxylic acids is 1. The first-order valence-corrected chi connectivity index (χ1v) is 5.09. The molecule has 1 heterocycles. The molecule has 2 rings (SSSR count). The lowest BCUT2D eigenvalue weighted by molar-refractivity contribution is -0.132. The summed E-state index contributed by atoms with van der Waals surface area (Å²) >= 11 is 0. The fourth-order valence-corrected chi connectivity index (χ4v) is 1.61. The van der Waals surface area contributed by atoms with Gasteiger partial charge >= 0.3 is 5.97 Å². The average molecular weight is 216 g/mol. The van der Waals surface area contributed by atoms with Crippen molar-refractivity contribution < 1.29 is 9.90 Å². The van der Waals surface area contributed by atoms with Gasteiger partial charge in [-0.15, -0.1) is 0 Å². The van der Waals surface area contributed by atoms with Crippen molar-refractivity contribution in [2.24, 2.45) is 4.99 Å². The molecule has 2 N–H and O–H groups in total. The highest BCUT2D eigenvalue weighted by atomic mass is 16.4. The Kier molecular flexibility index (Phi) is 2.72. The molecule has 0 bridgehead atoms. The Morgan fingerprint density at radius 1 is 1.44 bits per heavy atom. The number of fused-ring (bicyclic) bond motifs is 1. The van der Waals surface area contributed by atoms with Crippen molar-refractivity contribution in [1.82, 2.24) is 0 Å². The maximum absolute atomic E-state index is 11.0. The van der Waals surface area contributed by atoms with Crippen molar-refractivity contribution in [3.05, 3.63) is 35.5 Å². The third-order valence-electron chi connectivity index (χ3n) is 2.44. The lowest BCUT2D eigenvalue weighted by Crippen LogP contribution is -2.13. The number of para-hydroxylation sites is 2. The monoisotopic (exact) mass is 216 g/mol. The van der Waals surface area contributed by atoms with Gasteiger partial charge in [0.1, 0.15) is 0 Å². The molecule has 0 amide bonds. The SMILES string of the molecule is CCC(C(=O)O)=C1C=Nc2ccccc2N1. The van der Waals surface area contributed by atoms with E-state index in [2.05, 4.69) is 10.3 Å². The number of allylic oxidation sites excluding steroid dienone is 1. The van der Waals surface area contributed by atoms with Gasteiger partial charge in [0.25, 0.3) is 0 Å². The van der Waals surface area contributed by atoms with Gasteiger partial charge < -0.3 is 10.4 Å². The highest BCUT2D eigenvalue weighted by Gasteiger charge is 2.15. The van der Waals surface area contributed by atoms with E-state index in [0.29, 0.717) is 17.7 Å². The minimum atomic E-state index is -0.907. The molecule has 0 atom stereocenters. The number of hydrogen-bond donors (Lipinski definition) is 2. The predicted molar refractivity (Wildman–Crippen MR) is 63.2 cm³/mol. The summed E-state index contributed by atoms with van der Waals surface area (Å²) in [6, 6.07) is 7.53. The van der Waals surface area contributed by atoms with Crippen molar-refractivity contribution in [2.75, 3.05) is 5.32 Å². The number of carboxylic acid groups (broad SMARTS) is 1. The molecule has 1 aromatic carbocycles.